The van der Waals surface area contributed by atoms with Gasteiger partial charge in [0, 0.05) is 12.3 Å². The van der Waals surface area contributed by atoms with Gasteiger partial charge in [-0.1, -0.05) is 24.3 Å². The second-order valence-corrected chi connectivity index (χ2v) is 9.96. The Morgan fingerprint density at radius 1 is 1.00 bits per heavy atom. The molecule has 184 valence electrons. The summed E-state index contributed by atoms with van der Waals surface area (Å²) < 4.78 is 52.0. The Balaban J connectivity index is 1.33. The molecule has 2 N–H and O–H groups in total. The van der Waals surface area contributed by atoms with E-state index in [1.165, 1.54) is 12.1 Å². The number of hydrogen-bond acceptors (Lipinski definition) is 5. The number of ether oxygens (including phenoxy) is 2. The van der Waals surface area contributed by atoms with Gasteiger partial charge in [0.2, 0.25) is 5.91 Å². The molecule has 1 saturated heterocycles. The lowest BCUT2D eigenvalue weighted by molar-refractivity contribution is -0.115. The van der Waals surface area contributed by atoms with Gasteiger partial charge in [-0.15, -0.1) is 0 Å². The van der Waals surface area contributed by atoms with Crippen molar-refractivity contribution in [3.63, 3.8) is 0 Å². The number of carbonyl (C=O) groups excluding carboxylic acids is 1. The molecule has 1 heterocycles. The third-order valence-corrected chi connectivity index (χ3v) is 6.95. The first-order valence-electron chi connectivity index (χ1n) is 11.4. The van der Waals surface area contributed by atoms with Crippen molar-refractivity contribution in [1.82, 2.24) is 0 Å². The Hall–Kier alpha value is -3.43. The van der Waals surface area contributed by atoms with Gasteiger partial charge in [0.1, 0.15) is 18.2 Å². The van der Waals surface area contributed by atoms with Crippen LogP contribution < -0.4 is 14.8 Å². The van der Waals surface area contributed by atoms with Gasteiger partial charge in [-0.3, -0.25) is 9.52 Å². The zero-order chi connectivity index (χ0) is 24.7. The molecule has 3 aromatic rings. The molecular weight excluding hydrogens is 471 g/mol. The van der Waals surface area contributed by atoms with Crippen LogP contribution in [0.1, 0.15) is 24.8 Å². The van der Waals surface area contributed by atoms with E-state index in [-0.39, 0.29) is 23.3 Å². The van der Waals surface area contributed by atoms with E-state index in [2.05, 4.69) is 10.0 Å². The smallest absolute Gasteiger partial charge is 0.261 e. The molecule has 35 heavy (non-hydrogen) atoms. The number of sulfonamides is 1. The van der Waals surface area contributed by atoms with Crippen LogP contribution in [0.2, 0.25) is 0 Å². The van der Waals surface area contributed by atoms with E-state index in [1.807, 2.05) is 12.1 Å². The van der Waals surface area contributed by atoms with E-state index in [9.17, 15) is 17.6 Å². The van der Waals surface area contributed by atoms with E-state index in [0.717, 1.165) is 38.0 Å². The molecule has 7 nitrogen and oxygen atoms in total. The van der Waals surface area contributed by atoms with Crippen LogP contribution in [0, 0.1) is 5.82 Å². The second-order valence-electron chi connectivity index (χ2n) is 8.28. The number of amides is 1. The fraction of sp³-hybridized carbons (Fsp3) is 0.269. The second kappa shape index (κ2) is 11.3. The number of hydrogen-bond donors (Lipinski definition) is 2. The molecule has 0 radical (unpaired) electrons. The van der Waals surface area contributed by atoms with E-state index in [1.54, 1.807) is 36.4 Å². The molecule has 0 saturated carbocycles. The first-order valence-corrected chi connectivity index (χ1v) is 12.9. The topological polar surface area (TPSA) is 93.7 Å². The molecule has 0 aromatic heterocycles. The average Bonchev–Trinajstić information content (AvgIpc) is 2.85. The largest absolute Gasteiger partial charge is 0.489 e. The van der Waals surface area contributed by atoms with Crippen LogP contribution in [0.15, 0.2) is 77.7 Å². The van der Waals surface area contributed by atoms with Gasteiger partial charge < -0.3 is 14.8 Å². The molecule has 1 fully saturated rings. The van der Waals surface area contributed by atoms with Crippen molar-refractivity contribution in [2.45, 2.75) is 36.7 Å². The SMILES string of the molecule is O=C(Cc1ccc(NS(=O)(=O)c2ccc(F)cc2)cc1)Nc1ccccc1OCC1CCCCO1. The molecule has 3 aromatic carbocycles. The number of halogens is 1. The minimum atomic E-state index is -3.84. The van der Waals surface area contributed by atoms with Crippen LogP contribution in [0.4, 0.5) is 15.8 Å². The lowest BCUT2D eigenvalue weighted by Crippen LogP contribution is -2.26. The number of anilines is 2. The highest BCUT2D eigenvalue weighted by Crippen LogP contribution is 2.25. The van der Waals surface area contributed by atoms with Crippen molar-refractivity contribution in [2.24, 2.45) is 0 Å². The number of rotatable bonds is 9. The maximum Gasteiger partial charge on any atom is 0.261 e. The minimum Gasteiger partial charge on any atom is -0.489 e. The fourth-order valence-electron chi connectivity index (χ4n) is 3.72. The standard InChI is InChI=1S/C26H27FN2O5S/c27-20-10-14-23(15-11-20)35(31,32)29-21-12-8-19(9-13-21)17-26(30)28-24-6-1-2-7-25(24)34-18-22-5-3-4-16-33-22/h1-2,6-15,22,29H,3-5,16-18H2,(H,28,30). The number of nitrogens with one attached hydrogen (secondary N) is 2. The summed E-state index contributed by atoms with van der Waals surface area (Å²) in [6, 6.07) is 18.3. The van der Waals surface area contributed by atoms with E-state index in [4.69, 9.17) is 9.47 Å². The van der Waals surface area contributed by atoms with Crippen molar-refractivity contribution in [2.75, 3.05) is 23.3 Å². The van der Waals surface area contributed by atoms with Gasteiger partial charge in [0.05, 0.1) is 23.1 Å². The zero-order valence-electron chi connectivity index (χ0n) is 19.1. The highest BCUT2D eigenvalue weighted by Gasteiger charge is 2.17. The molecule has 0 bridgehead atoms. The monoisotopic (exact) mass is 498 g/mol. The van der Waals surface area contributed by atoms with Crippen LogP contribution in [-0.4, -0.2) is 33.6 Å². The molecule has 1 atom stereocenters. The first kappa shape index (κ1) is 24.7. The third kappa shape index (κ3) is 7.03. The van der Waals surface area contributed by atoms with E-state index < -0.39 is 15.8 Å². The summed E-state index contributed by atoms with van der Waals surface area (Å²) >= 11 is 0. The molecule has 1 amide bonds. The normalized spacial score (nSPS) is 15.9. The van der Waals surface area contributed by atoms with Crippen molar-refractivity contribution in [1.29, 1.82) is 0 Å². The van der Waals surface area contributed by atoms with Gasteiger partial charge in [-0.2, -0.15) is 0 Å². The Kier molecular flexibility index (Phi) is 7.99. The molecule has 0 aliphatic carbocycles. The van der Waals surface area contributed by atoms with Crippen LogP contribution in [0.3, 0.4) is 0 Å². The highest BCUT2D eigenvalue weighted by atomic mass is 32.2. The summed E-state index contributed by atoms with van der Waals surface area (Å²) in [4.78, 5) is 12.6. The van der Waals surface area contributed by atoms with Crippen LogP contribution >= 0.6 is 0 Å². The Morgan fingerprint density at radius 2 is 1.74 bits per heavy atom. The summed E-state index contributed by atoms with van der Waals surface area (Å²) in [5, 5.41) is 2.88. The number of para-hydroxylation sites is 2. The average molecular weight is 499 g/mol. The van der Waals surface area contributed by atoms with E-state index in [0.29, 0.717) is 29.3 Å². The van der Waals surface area contributed by atoms with Crippen LogP contribution in [0.25, 0.3) is 0 Å². The maximum absolute atomic E-state index is 13.1. The molecule has 9 heteroatoms. The van der Waals surface area contributed by atoms with Gasteiger partial charge in [0.15, 0.2) is 0 Å². The molecule has 0 spiro atoms. The molecule has 1 aliphatic rings. The van der Waals surface area contributed by atoms with Gasteiger partial charge >= 0.3 is 0 Å². The molecule has 1 unspecified atom stereocenters. The van der Waals surface area contributed by atoms with Gasteiger partial charge in [0.25, 0.3) is 10.0 Å². The summed E-state index contributed by atoms with van der Waals surface area (Å²) in [5.74, 6) is -0.158. The van der Waals surface area contributed by atoms with Gasteiger partial charge in [-0.05, 0) is 73.4 Å². The Bertz CT molecular complexity index is 1240. The summed E-state index contributed by atoms with van der Waals surface area (Å²) in [6.07, 6.45) is 3.32. The lowest BCUT2D eigenvalue weighted by atomic mass is 10.1. The number of carbonyl (C=O) groups is 1. The van der Waals surface area contributed by atoms with Crippen molar-refractivity contribution < 1.29 is 27.1 Å². The van der Waals surface area contributed by atoms with E-state index >= 15 is 0 Å². The molecule has 4 rings (SSSR count). The Labute approximate surface area is 204 Å². The summed E-state index contributed by atoms with van der Waals surface area (Å²) in [5.41, 5.74) is 1.63. The third-order valence-electron chi connectivity index (χ3n) is 5.55. The van der Waals surface area contributed by atoms with Gasteiger partial charge in [-0.25, -0.2) is 12.8 Å². The Morgan fingerprint density at radius 3 is 2.46 bits per heavy atom. The van der Waals surface area contributed by atoms with Crippen molar-refractivity contribution in [3.05, 3.63) is 84.2 Å². The highest BCUT2D eigenvalue weighted by molar-refractivity contribution is 7.92. The lowest BCUT2D eigenvalue weighted by Gasteiger charge is -2.23. The van der Waals surface area contributed by atoms with Crippen molar-refractivity contribution >= 4 is 27.3 Å². The quantitative estimate of drug-likeness (QED) is 0.444. The summed E-state index contributed by atoms with van der Waals surface area (Å²) in [6.45, 7) is 1.18. The zero-order valence-corrected chi connectivity index (χ0v) is 19.9. The first-order chi connectivity index (χ1) is 16.9. The molecular formula is C26H27FN2O5S. The predicted octanol–water partition coefficient (Wildman–Crippen LogP) is 4.76. The fourth-order valence-corrected chi connectivity index (χ4v) is 4.77. The molecule has 1 aliphatic heterocycles. The van der Waals surface area contributed by atoms with Crippen LogP contribution in [-0.2, 0) is 26.0 Å². The minimum absolute atomic E-state index is 0.0433. The van der Waals surface area contributed by atoms with Crippen LogP contribution in [0.5, 0.6) is 5.75 Å². The number of benzene rings is 3. The predicted molar refractivity (Wildman–Crippen MR) is 132 cm³/mol. The van der Waals surface area contributed by atoms with Crippen molar-refractivity contribution in [3.8, 4) is 5.75 Å². The summed E-state index contributed by atoms with van der Waals surface area (Å²) in [7, 11) is -3.84. The maximum atomic E-state index is 13.1.